The molecule has 1 unspecified atom stereocenters. The van der Waals surface area contributed by atoms with Gasteiger partial charge in [-0.25, -0.2) is 4.79 Å². The molecule has 30 heavy (non-hydrogen) atoms. The van der Waals surface area contributed by atoms with Crippen LogP contribution in [0, 0.1) is 6.92 Å². The van der Waals surface area contributed by atoms with Crippen LogP contribution in [-0.2, 0) is 30.6 Å². The van der Waals surface area contributed by atoms with Gasteiger partial charge in [0.1, 0.15) is 11.3 Å². The van der Waals surface area contributed by atoms with Crippen LogP contribution >= 0.6 is 0 Å². The van der Waals surface area contributed by atoms with Gasteiger partial charge in [-0.15, -0.1) is 0 Å². The highest BCUT2D eigenvalue weighted by Crippen LogP contribution is 2.33. The van der Waals surface area contributed by atoms with E-state index < -0.39 is 6.10 Å². The normalized spacial score (nSPS) is 14.0. The molecule has 1 aromatic carbocycles. The Morgan fingerprint density at radius 1 is 1.30 bits per heavy atom. The monoisotopic (exact) mass is 411 g/mol. The van der Waals surface area contributed by atoms with Crippen molar-refractivity contribution in [2.24, 2.45) is 0 Å². The first-order chi connectivity index (χ1) is 14.4. The highest BCUT2D eigenvalue weighted by molar-refractivity contribution is 5.86. The summed E-state index contributed by atoms with van der Waals surface area (Å²) in [6.07, 6.45) is 2.55. The van der Waals surface area contributed by atoms with Crippen LogP contribution in [0.15, 0.2) is 25.9 Å². The van der Waals surface area contributed by atoms with E-state index in [2.05, 4.69) is 10.1 Å². The highest BCUT2D eigenvalue weighted by Gasteiger charge is 2.24. The maximum atomic E-state index is 12.7. The summed E-state index contributed by atoms with van der Waals surface area (Å²) in [5.41, 5.74) is 2.83. The van der Waals surface area contributed by atoms with Crippen molar-refractivity contribution in [3.8, 4) is 5.75 Å². The Morgan fingerprint density at radius 3 is 2.80 bits per heavy atom. The van der Waals surface area contributed by atoms with E-state index in [1.54, 1.807) is 14.0 Å². The zero-order chi connectivity index (χ0) is 21.4. The molecule has 3 aromatic rings. The molecule has 1 atom stereocenters. The van der Waals surface area contributed by atoms with Crippen molar-refractivity contribution < 1.29 is 18.5 Å². The van der Waals surface area contributed by atoms with Gasteiger partial charge in [-0.05, 0) is 50.8 Å². The quantitative estimate of drug-likeness (QED) is 0.575. The molecule has 0 N–H and O–H groups in total. The Hall–Kier alpha value is -3.16. The van der Waals surface area contributed by atoms with Crippen LogP contribution in [-0.4, -0.2) is 34.1 Å². The molecule has 1 aliphatic carbocycles. The summed E-state index contributed by atoms with van der Waals surface area (Å²) in [5, 5.41) is 4.79. The average molecular weight is 411 g/mol. The van der Waals surface area contributed by atoms with Crippen LogP contribution in [0.2, 0.25) is 0 Å². The number of aryl methyl sites for hydroxylation is 3. The lowest BCUT2D eigenvalue weighted by Crippen LogP contribution is -2.37. The number of rotatable bonds is 6. The van der Waals surface area contributed by atoms with Gasteiger partial charge < -0.3 is 18.6 Å². The second-order valence-electron chi connectivity index (χ2n) is 7.68. The summed E-state index contributed by atoms with van der Waals surface area (Å²) in [4.78, 5) is 30.8. The summed E-state index contributed by atoms with van der Waals surface area (Å²) in [7, 11) is 1.66. The third-order valence-electron chi connectivity index (χ3n) is 5.57. The molecule has 158 valence electrons. The van der Waals surface area contributed by atoms with E-state index in [9.17, 15) is 9.59 Å². The van der Waals surface area contributed by atoms with Gasteiger partial charge in [0.15, 0.2) is 11.9 Å². The van der Waals surface area contributed by atoms with Crippen LogP contribution in [0.25, 0.3) is 11.0 Å². The third kappa shape index (κ3) is 3.58. The molecule has 0 aliphatic heterocycles. The Bertz CT molecular complexity index is 1160. The van der Waals surface area contributed by atoms with Crippen LogP contribution in [0.5, 0.6) is 5.75 Å². The van der Waals surface area contributed by atoms with Gasteiger partial charge in [0.2, 0.25) is 5.89 Å². The zero-order valence-electron chi connectivity index (χ0n) is 17.7. The number of aromatic nitrogens is 2. The van der Waals surface area contributed by atoms with Crippen LogP contribution in [0.4, 0.5) is 0 Å². The number of likely N-dealkylation sites (N-methyl/N-ethyl adjacent to an activating group) is 1. The first kappa shape index (κ1) is 20.1. The van der Waals surface area contributed by atoms with E-state index in [0.29, 0.717) is 35.0 Å². The molecule has 0 saturated carbocycles. The molecule has 0 saturated heterocycles. The van der Waals surface area contributed by atoms with Gasteiger partial charge >= 0.3 is 5.63 Å². The van der Waals surface area contributed by atoms with Crippen molar-refractivity contribution in [2.45, 2.75) is 59.1 Å². The molecule has 1 amide bonds. The third-order valence-corrected chi connectivity index (χ3v) is 5.57. The van der Waals surface area contributed by atoms with E-state index in [1.165, 1.54) is 4.90 Å². The molecule has 0 fully saturated rings. The fraction of sp³-hybridized carbons (Fsp3) is 0.455. The average Bonchev–Trinajstić information content (AvgIpc) is 3.40. The number of amides is 1. The van der Waals surface area contributed by atoms with E-state index in [4.69, 9.17) is 13.7 Å². The minimum Gasteiger partial charge on any atom is -0.480 e. The predicted octanol–water partition coefficient (Wildman–Crippen LogP) is 2.96. The lowest BCUT2D eigenvalue weighted by atomic mass is 10.0. The fourth-order valence-corrected chi connectivity index (χ4v) is 3.92. The smallest absolute Gasteiger partial charge is 0.339 e. The SMILES string of the molecule is CCc1noc(CN(C)C(=O)C(C)Oc2ccc3c4c(c(=O)oc3c2C)CCC4)n1. The van der Waals surface area contributed by atoms with Gasteiger partial charge in [0.25, 0.3) is 5.91 Å². The molecule has 8 heteroatoms. The predicted molar refractivity (Wildman–Crippen MR) is 109 cm³/mol. The Morgan fingerprint density at radius 2 is 2.07 bits per heavy atom. The van der Waals surface area contributed by atoms with Crippen LogP contribution in [0.1, 0.15) is 48.7 Å². The molecule has 1 aliphatic rings. The lowest BCUT2D eigenvalue weighted by Gasteiger charge is -2.22. The number of nitrogens with zero attached hydrogens (tertiary/aromatic N) is 3. The topological polar surface area (TPSA) is 98.7 Å². The van der Waals surface area contributed by atoms with Crippen molar-refractivity contribution in [1.82, 2.24) is 15.0 Å². The summed E-state index contributed by atoms with van der Waals surface area (Å²) in [6, 6.07) is 3.75. The minimum atomic E-state index is -0.735. The fourth-order valence-electron chi connectivity index (χ4n) is 3.92. The van der Waals surface area contributed by atoms with Crippen LogP contribution in [0.3, 0.4) is 0 Å². The van der Waals surface area contributed by atoms with Gasteiger partial charge in [-0.2, -0.15) is 4.98 Å². The van der Waals surface area contributed by atoms with E-state index in [-0.39, 0.29) is 18.1 Å². The first-order valence-electron chi connectivity index (χ1n) is 10.2. The summed E-state index contributed by atoms with van der Waals surface area (Å²) < 4.78 is 16.7. The van der Waals surface area contributed by atoms with Gasteiger partial charge in [-0.3, -0.25) is 4.79 Å². The number of ether oxygens (including phenoxy) is 1. The maximum Gasteiger partial charge on any atom is 0.339 e. The number of benzene rings is 1. The number of fused-ring (bicyclic) bond motifs is 3. The summed E-state index contributed by atoms with van der Waals surface area (Å²) in [5.74, 6) is 1.28. The van der Waals surface area contributed by atoms with E-state index >= 15 is 0 Å². The minimum absolute atomic E-state index is 0.206. The molecular weight excluding hydrogens is 386 g/mol. The molecule has 4 rings (SSSR count). The maximum absolute atomic E-state index is 12.7. The number of carbonyl (C=O) groups excluding carboxylic acids is 1. The summed E-state index contributed by atoms with van der Waals surface area (Å²) in [6.45, 7) is 5.67. The van der Waals surface area contributed by atoms with E-state index in [0.717, 1.165) is 35.8 Å². The molecule has 8 nitrogen and oxygen atoms in total. The van der Waals surface area contributed by atoms with Crippen molar-refractivity contribution in [1.29, 1.82) is 0 Å². The highest BCUT2D eigenvalue weighted by atomic mass is 16.5. The first-order valence-corrected chi connectivity index (χ1v) is 10.2. The molecular formula is C22H25N3O5. The largest absolute Gasteiger partial charge is 0.480 e. The Labute approximate surface area is 173 Å². The lowest BCUT2D eigenvalue weighted by molar-refractivity contribution is -0.137. The Kier molecular flexibility index (Phi) is 5.32. The molecule has 0 radical (unpaired) electrons. The molecule has 2 aromatic heterocycles. The number of carbonyl (C=O) groups is 1. The van der Waals surface area contributed by atoms with Crippen LogP contribution < -0.4 is 10.4 Å². The molecule has 0 spiro atoms. The molecule has 2 heterocycles. The van der Waals surface area contributed by atoms with Crippen molar-refractivity contribution in [3.63, 3.8) is 0 Å². The zero-order valence-corrected chi connectivity index (χ0v) is 17.7. The number of hydrogen-bond acceptors (Lipinski definition) is 7. The van der Waals surface area contributed by atoms with E-state index in [1.807, 2.05) is 26.0 Å². The van der Waals surface area contributed by atoms with Crippen molar-refractivity contribution >= 4 is 16.9 Å². The van der Waals surface area contributed by atoms with Gasteiger partial charge in [0, 0.05) is 30.0 Å². The second-order valence-corrected chi connectivity index (χ2v) is 7.68. The Balaban J connectivity index is 1.53. The number of hydrogen-bond donors (Lipinski definition) is 0. The summed E-state index contributed by atoms with van der Waals surface area (Å²) >= 11 is 0. The van der Waals surface area contributed by atoms with Gasteiger partial charge in [-0.1, -0.05) is 12.1 Å². The van der Waals surface area contributed by atoms with Crippen molar-refractivity contribution in [2.75, 3.05) is 7.05 Å². The van der Waals surface area contributed by atoms with Gasteiger partial charge in [0.05, 0.1) is 6.54 Å². The molecule has 0 bridgehead atoms. The second kappa shape index (κ2) is 7.93. The standard InChI is InChI=1S/C22H25N3O5/c1-5-18-23-19(30-24-18)11-25(4)21(26)13(3)28-17-10-9-15-14-7-6-8-16(14)22(27)29-20(15)12(17)2/h9-10,13H,5-8,11H2,1-4H3. The van der Waals surface area contributed by atoms with Crippen molar-refractivity contribution in [3.05, 3.63) is 51.0 Å².